The van der Waals surface area contributed by atoms with Crippen LogP contribution < -0.4 is 4.90 Å². The molecule has 3 rings (SSSR count). The Morgan fingerprint density at radius 3 is 3.25 bits per heavy atom. The standard InChI is InChI=1S/C13H15N3/c1-16-9-13(5-4-10(7-13)8-14)11-3-2-6-15-12(11)16/h2-3,6,10H,4-5,7,9H2,1H3. The third kappa shape index (κ3) is 1.16. The lowest BCUT2D eigenvalue weighted by atomic mass is 9.81. The van der Waals surface area contributed by atoms with Crippen molar-refractivity contribution in [2.75, 3.05) is 18.5 Å². The Kier molecular flexibility index (Phi) is 1.94. The first-order valence-electron chi connectivity index (χ1n) is 5.81. The summed E-state index contributed by atoms with van der Waals surface area (Å²) in [6, 6.07) is 6.62. The maximum Gasteiger partial charge on any atom is 0.132 e. The minimum Gasteiger partial charge on any atom is -0.359 e. The highest BCUT2D eigenvalue weighted by Gasteiger charge is 2.47. The van der Waals surface area contributed by atoms with Gasteiger partial charge in [0, 0.05) is 36.7 Å². The largest absolute Gasteiger partial charge is 0.359 e. The zero-order valence-electron chi connectivity index (χ0n) is 9.48. The quantitative estimate of drug-likeness (QED) is 0.662. The normalized spacial score (nSPS) is 31.8. The van der Waals surface area contributed by atoms with E-state index in [1.807, 2.05) is 12.3 Å². The van der Waals surface area contributed by atoms with Gasteiger partial charge >= 0.3 is 0 Å². The summed E-state index contributed by atoms with van der Waals surface area (Å²) in [5.74, 6) is 1.35. The van der Waals surface area contributed by atoms with Crippen LogP contribution in [0.4, 0.5) is 5.82 Å². The maximum atomic E-state index is 9.04. The van der Waals surface area contributed by atoms with E-state index in [9.17, 15) is 0 Å². The van der Waals surface area contributed by atoms with Crippen LogP contribution in [0, 0.1) is 17.2 Å². The molecule has 2 heterocycles. The van der Waals surface area contributed by atoms with Crippen molar-refractivity contribution in [3.05, 3.63) is 23.9 Å². The van der Waals surface area contributed by atoms with Crippen LogP contribution in [0.2, 0.25) is 0 Å². The van der Waals surface area contributed by atoms with Gasteiger partial charge in [0.2, 0.25) is 0 Å². The number of anilines is 1. The third-order valence-corrected chi connectivity index (χ3v) is 4.05. The van der Waals surface area contributed by atoms with E-state index in [4.69, 9.17) is 5.26 Å². The van der Waals surface area contributed by atoms with Crippen LogP contribution in [-0.2, 0) is 5.41 Å². The Morgan fingerprint density at radius 1 is 1.62 bits per heavy atom. The Bertz CT molecular complexity index is 462. The summed E-state index contributed by atoms with van der Waals surface area (Å²) in [7, 11) is 2.10. The van der Waals surface area contributed by atoms with E-state index in [1.165, 1.54) is 5.56 Å². The third-order valence-electron chi connectivity index (χ3n) is 4.05. The first-order chi connectivity index (χ1) is 7.75. The molecule has 1 aromatic rings. The first kappa shape index (κ1) is 9.65. The van der Waals surface area contributed by atoms with E-state index in [-0.39, 0.29) is 11.3 Å². The molecule has 1 spiro atoms. The minimum atomic E-state index is 0.207. The van der Waals surface area contributed by atoms with Gasteiger partial charge in [-0.25, -0.2) is 4.98 Å². The monoisotopic (exact) mass is 213 g/mol. The number of fused-ring (bicyclic) bond motifs is 2. The van der Waals surface area contributed by atoms with Crippen LogP contribution in [0.15, 0.2) is 18.3 Å². The van der Waals surface area contributed by atoms with Gasteiger partial charge in [-0.1, -0.05) is 6.07 Å². The fraction of sp³-hybridized carbons (Fsp3) is 0.538. The molecule has 1 fully saturated rings. The summed E-state index contributed by atoms with van der Waals surface area (Å²) in [5, 5.41) is 9.04. The number of pyridine rings is 1. The number of rotatable bonds is 0. The van der Waals surface area contributed by atoms with Gasteiger partial charge in [-0.2, -0.15) is 5.26 Å². The molecule has 16 heavy (non-hydrogen) atoms. The highest BCUT2D eigenvalue weighted by molar-refractivity contribution is 5.57. The van der Waals surface area contributed by atoms with Crippen molar-refractivity contribution in [1.29, 1.82) is 5.26 Å². The molecule has 1 aliphatic carbocycles. The van der Waals surface area contributed by atoms with Gasteiger partial charge in [-0.05, 0) is 25.3 Å². The summed E-state index contributed by atoms with van der Waals surface area (Å²) in [4.78, 5) is 6.68. The smallest absolute Gasteiger partial charge is 0.132 e. The van der Waals surface area contributed by atoms with Gasteiger partial charge in [0.15, 0.2) is 0 Å². The minimum absolute atomic E-state index is 0.207. The van der Waals surface area contributed by atoms with E-state index in [2.05, 4.69) is 29.1 Å². The van der Waals surface area contributed by atoms with Gasteiger partial charge in [0.25, 0.3) is 0 Å². The summed E-state index contributed by atoms with van der Waals surface area (Å²) in [6.45, 7) is 1.03. The van der Waals surface area contributed by atoms with Crippen molar-refractivity contribution in [2.24, 2.45) is 5.92 Å². The molecular formula is C13H15N3. The average Bonchev–Trinajstić information content (AvgIpc) is 2.84. The Hall–Kier alpha value is -1.56. The van der Waals surface area contributed by atoms with Gasteiger partial charge in [-0.3, -0.25) is 0 Å². The lowest BCUT2D eigenvalue weighted by Gasteiger charge is -2.23. The molecule has 2 aliphatic rings. The molecule has 0 aromatic carbocycles. The second-order valence-electron chi connectivity index (χ2n) is 5.08. The lowest BCUT2D eigenvalue weighted by Crippen LogP contribution is -2.29. The predicted octanol–water partition coefficient (Wildman–Crippen LogP) is 2.09. The van der Waals surface area contributed by atoms with E-state index in [0.29, 0.717) is 0 Å². The van der Waals surface area contributed by atoms with Crippen molar-refractivity contribution in [3.63, 3.8) is 0 Å². The van der Waals surface area contributed by atoms with Gasteiger partial charge in [-0.15, -0.1) is 0 Å². The molecule has 82 valence electrons. The van der Waals surface area contributed by atoms with E-state index >= 15 is 0 Å². The van der Waals surface area contributed by atoms with Crippen molar-refractivity contribution >= 4 is 5.82 Å². The number of hydrogen-bond donors (Lipinski definition) is 0. The van der Waals surface area contributed by atoms with Gasteiger partial charge in [0.1, 0.15) is 5.82 Å². The topological polar surface area (TPSA) is 39.9 Å². The Labute approximate surface area is 95.7 Å². The lowest BCUT2D eigenvalue weighted by molar-refractivity contribution is 0.463. The zero-order chi connectivity index (χ0) is 11.2. The van der Waals surface area contributed by atoms with Crippen LogP contribution >= 0.6 is 0 Å². The number of hydrogen-bond acceptors (Lipinski definition) is 3. The molecule has 0 N–H and O–H groups in total. The second-order valence-corrected chi connectivity index (χ2v) is 5.08. The van der Waals surface area contributed by atoms with Crippen LogP contribution in [-0.4, -0.2) is 18.6 Å². The summed E-state index contributed by atoms with van der Waals surface area (Å²) < 4.78 is 0. The second kappa shape index (κ2) is 3.21. The van der Waals surface area contributed by atoms with E-state index < -0.39 is 0 Å². The molecule has 2 atom stereocenters. The fourth-order valence-corrected chi connectivity index (χ4v) is 3.35. The number of nitriles is 1. The van der Waals surface area contributed by atoms with Crippen LogP contribution in [0.1, 0.15) is 24.8 Å². The van der Waals surface area contributed by atoms with Crippen LogP contribution in [0.5, 0.6) is 0 Å². The molecule has 3 heteroatoms. The Morgan fingerprint density at radius 2 is 2.50 bits per heavy atom. The molecule has 1 aliphatic heterocycles. The van der Waals surface area contributed by atoms with Crippen molar-refractivity contribution in [2.45, 2.75) is 24.7 Å². The molecule has 3 nitrogen and oxygen atoms in total. The molecule has 1 aromatic heterocycles. The van der Waals surface area contributed by atoms with Crippen LogP contribution in [0.3, 0.4) is 0 Å². The molecule has 0 amide bonds. The van der Waals surface area contributed by atoms with Gasteiger partial charge in [0.05, 0.1) is 6.07 Å². The van der Waals surface area contributed by atoms with Crippen molar-refractivity contribution in [3.8, 4) is 6.07 Å². The first-order valence-corrected chi connectivity index (χ1v) is 5.81. The van der Waals surface area contributed by atoms with Crippen LogP contribution in [0.25, 0.3) is 0 Å². The highest BCUT2D eigenvalue weighted by atomic mass is 15.2. The molecule has 2 unspecified atom stereocenters. The predicted molar refractivity (Wildman–Crippen MR) is 62.1 cm³/mol. The maximum absolute atomic E-state index is 9.04. The average molecular weight is 213 g/mol. The van der Waals surface area contributed by atoms with E-state index in [0.717, 1.165) is 31.6 Å². The summed E-state index contributed by atoms with van der Waals surface area (Å²) >= 11 is 0. The number of likely N-dealkylation sites (N-methyl/N-ethyl adjacent to an activating group) is 1. The number of nitrogens with zero attached hydrogens (tertiary/aromatic N) is 3. The zero-order valence-corrected chi connectivity index (χ0v) is 9.48. The van der Waals surface area contributed by atoms with Crippen molar-refractivity contribution in [1.82, 2.24) is 4.98 Å². The van der Waals surface area contributed by atoms with E-state index in [1.54, 1.807) is 0 Å². The molecule has 0 radical (unpaired) electrons. The van der Waals surface area contributed by atoms with Crippen molar-refractivity contribution < 1.29 is 0 Å². The summed E-state index contributed by atoms with van der Waals surface area (Å²) in [5.41, 5.74) is 1.56. The molecule has 1 saturated carbocycles. The molecule has 0 bridgehead atoms. The fourth-order valence-electron chi connectivity index (χ4n) is 3.35. The number of aromatic nitrogens is 1. The molecular weight excluding hydrogens is 198 g/mol. The SMILES string of the molecule is CN1CC2(CCC(C#N)C2)c2cccnc21. The van der Waals surface area contributed by atoms with Gasteiger partial charge < -0.3 is 4.90 Å². The molecule has 0 saturated heterocycles. The highest BCUT2D eigenvalue weighted by Crippen LogP contribution is 2.50. The summed E-state index contributed by atoms with van der Waals surface area (Å²) in [6.07, 6.45) is 5.03. The Balaban J connectivity index is 2.04.